The van der Waals surface area contributed by atoms with Crippen LogP contribution in [0.3, 0.4) is 0 Å². The van der Waals surface area contributed by atoms with Gasteiger partial charge in [-0.15, -0.1) is 4.40 Å². The molecule has 2 aromatic carbocycles. The van der Waals surface area contributed by atoms with E-state index in [1.807, 2.05) is 11.0 Å². The second kappa shape index (κ2) is 9.30. The molecule has 5 rings (SSSR count). The molecule has 2 heterocycles. The Morgan fingerprint density at radius 3 is 2.63 bits per heavy atom. The second-order valence-electron chi connectivity index (χ2n) is 10.4. The molecule has 0 bridgehead atoms. The summed E-state index contributed by atoms with van der Waals surface area (Å²) in [5.41, 5.74) is 2.76. The van der Waals surface area contributed by atoms with Crippen LogP contribution in [0.25, 0.3) is 0 Å². The molecule has 8 heteroatoms. The minimum atomic E-state index is -3.73. The number of amides is 1. The van der Waals surface area contributed by atoms with Gasteiger partial charge in [0.05, 0.1) is 5.69 Å². The van der Waals surface area contributed by atoms with Crippen molar-refractivity contribution in [2.24, 2.45) is 9.81 Å². The molecule has 0 spiro atoms. The maximum absolute atomic E-state index is 13.5. The Morgan fingerprint density at radius 1 is 1.11 bits per heavy atom. The van der Waals surface area contributed by atoms with E-state index in [2.05, 4.69) is 52.7 Å². The van der Waals surface area contributed by atoms with Crippen LogP contribution in [-0.4, -0.2) is 50.7 Å². The van der Waals surface area contributed by atoms with E-state index in [0.29, 0.717) is 37.5 Å². The van der Waals surface area contributed by atoms with Crippen molar-refractivity contribution in [2.75, 3.05) is 29.9 Å². The fourth-order valence-corrected chi connectivity index (χ4v) is 7.09. The minimum Gasteiger partial charge on any atom is -0.365 e. The van der Waals surface area contributed by atoms with Gasteiger partial charge in [0.2, 0.25) is 5.91 Å². The Balaban J connectivity index is 1.28. The number of rotatable bonds is 5. The summed E-state index contributed by atoms with van der Waals surface area (Å²) < 4.78 is 29.5. The number of anilines is 2. The van der Waals surface area contributed by atoms with Crippen molar-refractivity contribution < 1.29 is 13.2 Å². The van der Waals surface area contributed by atoms with Gasteiger partial charge >= 0.3 is 0 Å². The Morgan fingerprint density at radius 2 is 1.89 bits per heavy atom. The molecular weight excluding hydrogens is 460 g/mol. The van der Waals surface area contributed by atoms with Gasteiger partial charge in [0.1, 0.15) is 10.7 Å². The van der Waals surface area contributed by atoms with Crippen LogP contribution in [0.1, 0.15) is 51.0 Å². The van der Waals surface area contributed by atoms with Gasteiger partial charge in [-0.1, -0.05) is 37.1 Å². The number of hydrogen-bond donors (Lipinski definition) is 1. The summed E-state index contributed by atoms with van der Waals surface area (Å²) in [7, 11) is -3.73. The molecule has 2 aliphatic heterocycles. The minimum absolute atomic E-state index is 0.169. The number of sulfonamides is 1. The van der Waals surface area contributed by atoms with Gasteiger partial charge in [-0.25, -0.2) is 0 Å². The lowest BCUT2D eigenvalue weighted by atomic mass is 9.78. The van der Waals surface area contributed by atoms with Gasteiger partial charge in [-0.2, -0.15) is 8.42 Å². The number of carbonyl (C=O) groups excluding carboxylic acids is 1. The van der Waals surface area contributed by atoms with Crippen LogP contribution in [0.4, 0.5) is 11.4 Å². The number of carbonyl (C=O) groups is 1. The number of hydrogen-bond acceptors (Lipinski definition) is 5. The van der Waals surface area contributed by atoms with Crippen molar-refractivity contribution >= 4 is 33.1 Å². The normalized spacial score (nSPS) is 22.8. The van der Waals surface area contributed by atoms with Gasteiger partial charge in [0.25, 0.3) is 10.0 Å². The van der Waals surface area contributed by atoms with E-state index in [0.717, 1.165) is 32.2 Å². The molecule has 186 valence electrons. The van der Waals surface area contributed by atoms with Crippen molar-refractivity contribution in [3.8, 4) is 0 Å². The molecule has 2 aromatic rings. The first-order valence-corrected chi connectivity index (χ1v) is 14.0. The Kier molecular flexibility index (Phi) is 6.34. The third-order valence-electron chi connectivity index (χ3n) is 7.72. The van der Waals surface area contributed by atoms with E-state index in [4.69, 9.17) is 0 Å². The van der Waals surface area contributed by atoms with E-state index in [9.17, 15) is 13.2 Å². The summed E-state index contributed by atoms with van der Waals surface area (Å²) in [6.45, 7) is 6.49. The van der Waals surface area contributed by atoms with Crippen molar-refractivity contribution in [3.63, 3.8) is 0 Å². The quantitative estimate of drug-likeness (QED) is 0.658. The molecule has 1 atom stereocenters. The van der Waals surface area contributed by atoms with E-state index in [1.165, 1.54) is 11.3 Å². The summed E-state index contributed by atoms with van der Waals surface area (Å²) in [6, 6.07) is 15.6. The van der Waals surface area contributed by atoms with Gasteiger partial charge < -0.3 is 15.1 Å². The first-order chi connectivity index (χ1) is 16.7. The number of benzene rings is 2. The Hall–Kier alpha value is -2.87. The summed E-state index contributed by atoms with van der Waals surface area (Å²) in [4.78, 5) is 18.1. The standard InChI is InChI=1S/C27H34N4O3S/c1-20-8-7-9-22(16-20)31-15-14-30(19-21(31)2)26(32)18-27(12-5-6-13-27)17-25-28-23-10-3-4-11-24(23)35(33,34)29-25/h3-4,7-11,16,21H,5-6,12-15,17-19H2,1-2H3,(H,28,29). The summed E-state index contributed by atoms with van der Waals surface area (Å²) >= 11 is 0. The average molecular weight is 495 g/mol. The van der Waals surface area contributed by atoms with E-state index in [1.54, 1.807) is 18.2 Å². The molecule has 3 aliphatic rings. The molecule has 1 aliphatic carbocycles. The van der Waals surface area contributed by atoms with Crippen LogP contribution in [0.5, 0.6) is 0 Å². The maximum Gasteiger partial charge on any atom is 0.286 e. The number of nitrogens with one attached hydrogen (secondary N) is 1. The topological polar surface area (TPSA) is 82.1 Å². The van der Waals surface area contributed by atoms with Gasteiger partial charge in [0.15, 0.2) is 0 Å². The lowest BCUT2D eigenvalue weighted by Crippen LogP contribution is -2.54. The highest BCUT2D eigenvalue weighted by Gasteiger charge is 2.40. The zero-order valence-electron chi connectivity index (χ0n) is 20.5. The lowest BCUT2D eigenvalue weighted by molar-refractivity contribution is -0.134. The number of piperazine rings is 1. The SMILES string of the molecule is Cc1cccc(N2CCN(C(=O)CC3(CC4=NS(=O)(=O)c5ccccc5N4)CCCC3)CC2C)c1. The third kappa shape index (κ3) is 4.94. The molecular formula is C27H34N4O3S. The van der Waals surface area contributed by atoms with Gasteiger partial charge in [-0.05, 0) is 61.9 Å². The van der Waals surface area contributed by atoms with Crippen molar-refractivity contribution in [3.05, 3.63) is 54.1 Å². The first-order valence-electron chi connectivity index (χ1n) is 12.6. The number of nitrogens with zero attached hydrogens (tertiary/aromatic N) is 3. The second-order valence-corrected chi connectivity index (χ2v) is 12.0. The van der Waals surface area contributed by atoms with Crippen LogP contribution in [0.2, 0.25) is 0 Å². The third-order valence-corrected chi connectivity index (χ3v) is 9.09. The van der Waals surface area contributed by atoms with Crippen LogP contribution in [0.15, 0.2) is 57.8 Å². The number of aryl methyl sites for hydroxylation is 1. The lowest BCUT2D eigenvalue weighted by Gasteiger charge is -2.42. The Bertz CT molecular complexity index is 1250. The van der Waals surface area contributed by atoms with Crippen molar-refractivity contribution in [1.82, 2.24) is 4.90 Å². The van der Waals surface area contributed by atoms with Crippen LogP contribution in [0, 0.1) is 12.3 Å². The molecule has 0 radical (unpaired) electrons. The van der Waals surface area contributed by atoms with Gasteiger partial charge in [-0.3, -0.25) is 4.79 Å². The highest BCUT2D eigenvalue weighted by atomic mass is 32.2. The monoisotopic (exact) mass is 494 g/mol. The molecule has 35 heavy (non-hydrogen) atoms. The predicted molar refractivity (Wildman–Crippen MR) is 139 cm³/mol. The number of fused-ring (bicyclic) bond motifs is 1. The molecule has 1 saturated carbocycles. The zero-order chi connectivity index (χ0) is 24.6. The number of para-hydroxylation sites is 1. The molecule has 0 aromatic heterocycles. The Labute approximate surface area is 208 Å². The molecule has 2 fully saturated rings. The summed E-state index contributed by atoms with van der Waals surface area (Å²) in [5.74, 6) is 0.623. The highest BCUT2D eigenvalue weighted by Crippen LogP contribution is 2.45. The van der Waals surface area contributed by atoms with E-state index >= 15 is 0 Å². The fourth-order valence-electron chi connectivity index (χ4n) is 5.95. The van der Waals surface area contributed by atoms with Crippen molar-refractivity contribution in [2.45, 2.75) is 63.3 Å². The molecule has 1 N–H and O–H groups in total. The predicted octanol–water partition coefficient (Wildman–Crippen LogP) is 4.59. The largest absolute Gasteiger partial charge is 0.365 e. The molecule has 7 nitrogen and oxygen atoms in total. The van der Waals surface area contributed by atoms with Gasteiger partial charge in [0, 0.05) is 44.2 Å². The summed E-state index contributed by atoms with van der Waals surface area (Å²) in [6.07, 6.45) is 4.86. The van der Waals surface area contributed by atoms with Crippen LogP contribution >= 0.6 is 0 Å². The average Bonchev–Trinajstić information content (AvgIpc) is 3.26. The first kappa shape index (κ1) is 23.9. The maximum atomic E-state index is 13.5. The molecule has 1 unspecified atom stereocenters. The fraction of sp³-hybridized carbons (Fsp3) is 0.481. The highest BCUT2D eigenvalue weighted by molar-refractivity contribution is 7.90. The van der Waals surface area contributed by atoms with Crippen LogP contribution < -0.4 is 10.2 Å². The smallest absolute Gasteiger partial charge is 0.286 e. The van der Waals surface area contributed by atoms with Crippen LogP contribution in [-0.2, 0) is 14.8 Å². The molecule has 1 amide bonds. The summed E-state index contributed by atoms with van der Waals surface area (Å²) in [5, 5.41) is 3.23. The molecule has 1 saturated heterocycles. The van der Waals surface area contributed by atoms with Crippen molar-refractivity contribution in [1.29, 1.82) is 0 Å². The van der Waals surface area contributed by atoms with E-state index in [-0.39, 0.29) is 22.3 Å². The zero-order valence-corrected chi connectivity index (χ0v) is 21.4. The number of amidine groups is 1. The van der Waals surface area contributed by atoms with E-state index < -0.39 is 10.0 Å².